The summed E-state index contributed by atoms with van der Waals surface area (Å²) < 4.78 is 0. The molecule has 1 N–H and O–H groups in total. The summed E-state index contributed by atoms with van der Waals surface area (Å²) in [7, 11) is 0. The number of rotatable bonds is 2. The molecule has 1 saturated heterocycles. The summed E-state index contributed by atoms with van der Waals surface area (Å²) in [6, 6.07) is 10.3. The van der Waals surface area contributed by atoms with E-state index in [1.165, 1.54) is 11.3 Å². The van der Waals surface area contributed by atoms with Crippen molar-refractivity contribution in [1.29, 1.82) is 0 Å². The number of aryl methyl sites for hydroxylation is 1. The Labute approximate surface area is 128 Å². The van der Waals surface area contributed by atoms with Crippen molar-refractivity contribution >= 4 is 17.2 Å². The maximum absolute atomic E-state index is 12.7. The molecule has 0 aliphatic carbocycles. The Morgan fingerprint density at radius 3 is 2.86 bits per heavy atom. The highest BCUT2D eigenvalue weighted by Gasteiger charge is 2.27. The van der Waals surface area contributed by atoms with Crippen molar-refractivity contribution in [2.24, 2.45) is 0 Å². The molecule has 1 amide bonds. The van der Waals surface area contributed by atoms with Gasteiger partial charge in [-0.05, 0) is 13.8 Å². The van der Waals surface area contributed by atoms with Crippen LogP contribution in [-0.2, 0) is 0 Å². The molecular formula is C16H19N3OS. The van der Waals surface area contributed by atoms with Crippen LogP contribution in [0.1, 0.15) is 22.3 Å². The molecule has 0 bridgehead atoms. The molecule has 1 unspecified atom stereocenters. The number of nitrogens with zero attached hydrogens (tertiary/aromatic N) is 2. The van der Waals surface area contributed by atoms with Crippen molar-refractivity contribution < 1.29 is 4.79 Å². The summed E-state index contributed by atoms with van der Waals surface area (Å²) in [5.41, 5.74) is 1.90. The van der Waals surface area contributed by atoms with Crippen molar-refractivity contribution in [3.8, 4) is 10.6 Å². The molecule has 2 heterocycles. The van der Waals surface area contributed by atoms with Gasteiger partial charge < -0.3 is 10.2 Å². The topological polar surface area (TPSA) is 45.2 Å². The Morgan fingerprint density at radius 2 is 2.14 bits per heavy atom. The van der Waals surface area contributed by atoms with Crippen LogP contribution >= 0.6 is 11.3 Å². The molecular weight excluding hydrogens is 282 g/mol. The fourth-order valence-corrected chi connectivity index (χ4v) is 3.60. The van der Waals surface area contributed by atoms with Crippen LogP contribution in [0.5, 0.6) is 0 Å². The van der Waals surface area contributed by atoms with E-state index in [0.717, 1.165) is 40.8 Å². The Kier molecular flexibility index (Phi) is 4.03. The number of benzene rings is 1. The standard InChI is InChI=1S/C16H19N3OS/c1-11-10-17-8-9-19(11)16(20)14-12(2)18-15(21-14)13-6-4-3-5-7-13/h3-7,11,17H,8-10H2,1-2H3. The predicted molar refractivity (Wildman–Crippen MR) is 85.7 cm³/mol. The van der Waals surface area contributed by atoms with Crippen LogP contribution in [0.4, 0.5) is 0 Å². The lowest BCUT2D eigenvalue weighted by Gasteiger charge is -2.33. The van der Waals surface area contributed by atoms with E-state index in [9.17, 15) is 4.79 Å². The van der Waals surface area contributed by atoms with Gasteiger partial charge in [0.15, 0.2) is 0 Å². The summed E-state index contributed by atoms with van der Waals surface area (Å²) >= 11 is 1.49. The summed E-state index contributed by atoms with van der Waals surface area (Å²) in [6.07, 6.45) is 0. The van der Waals surface area contributed by atoms with Gasteiger partial charge in [0, 0.05) is 31.2 Å². The molecule has 1 aromatic carbocycles. The average Bonchev–Trinajstić information content (AvgIpc) is 2.90. The van der Waals surface area contributed by atoms with Gasteiger partial charge in [-0.15, -0.1) is 11.3 Å². The third-order valence-electron chi connectivity index (χ3n) is 3.77. The number of hydrogen-bond donors (Lipinski definition) is 1. The molecule has 1 aliphatic rings. The monoisotopic (exact) mass is 301 g/mol. The quantitative estimate of drug-likeness (QED) is 0.927. The second kappa shape index (κ2) is 5.95. The molecule has 21 heavy (non-hydrogen) atoms. The second-order valence-corrected chi connectivity index (χ2v) is 6.35. The van der Waals surface area contributed by atoms with Gasteiger partial charge in [0.05, 0.1) is 5.69 Å². The summed E-state index contributed by atoms with van der Waals surface area (Å²) in [5, 5.41) is 4.23. The normalized spacial score (nSPS) is 18.8. The number of piperazine rings is 1. The third kappa shape index (κ3) is 2.84. The lowest BCUT2D eigenvalue weighted by molar-refractivity contribution is 0.0660. The van der Waals surface area contributed by atoms with E-state index >= 15 is 0 Å². The lowest BCUT2D eigenvalue weighted by atomic mass is 10.2. The fraction of sp³-hybridized carbons (Fsp3) is 0.375. The molecule has 5 heteroatoms. The van der Waals surface area contributed by atoms with Gasteiger partial charge in [0.25, 0.3) is 5.91 Å². The SMILES string of the molecule is Cc1nc(-c2ccccc2)sc1C(=O)N1CCNCC1C. The van der Waals surface area contributed by atoms with E-state index in [4.69, 9.17) is 0 Å². The number of hydrogen-bond acceptors (Lipinski definition) is 4. The van der Waals surface area contributed by atoms with Gasteiger partial charge in [-0.2, -0.15) is 0 Å². The van der Waals surface area contributed by atoms with Crippen molar-refractivity contribution in [1.82, 2.24) is 15.2 Å². The number of nitrogens with one attached hydrogen (secondary N) is 1. The molecule has 0 spiro atoms. The Balaban J connectivity index is 1.89. The number of amides is 1. The van der Waals surface area contributed by atoms with Gasteiger partial charge >= 0.3 is 0 Å². The van der Waals surface area contributed by atoms with Gasteiger partial charge in [-0.3, -0.25) is 4.79 Å². The summed E-state index contributed by atoms with van der Waals surface area (Å²) in [6.45, 7) is 6.48. The maximum atomic E-state index is 12.7. The first-order valence-corrected chi connectivity index (χ1v) is 8.03. The van der Waals surface area contributed by atoms with Crippen LogP contribution in [0.3, 0.4) is 0 Å². The van der Waals surface area contributed by atoms with E-state index in [1.54, 1.807) is 0 Å². The Bertz CT molecular complexity index is 638. The van der Waals surface area contributed by atoms with Crippen LogP contribution in [0, 0.1) is 6.92 Å². The van der Waals surface area contributed by atoms with E-state index in [1.807, 2.05) is 42.2 Å². The highest BCUT2D eigenvalue weighted by Crippen LogP contribution is 2.29. The van der Waals surface area contributed by atoms with Crippen molar-refractivity contribution in [3.63, 3.8) is 0 Å². The van der Waals surface area contributed by atoms with Gasteiger partial charge in [0.2, 0.25) is 0 Å². The first-order valence-electron chi connectivity index (χ1n) is 7.21. The van der Waals surface area contributed by atoms with Crippen LogP contribution in [0.15, 0.2) is 30.3 Å². The Hall–Kier alpha value is -1.72. The van der Waals surface area contributed by atoms with E-state index in [-0.39, 0.29) is 11.9 Å². The number of carbonyl (C=O) groups is 1. The van der Waals surface area contributed by atoms with E-state index in [2.05, 4.69) is 17.2 Å². The molecule has 3 rings (SSSR count). The minimum absolute atomic E-state index is 0.112. The first-order chi connectivity index (χ1) is 10.2. The van der Waals surface area contributed by atoms with Crippen LogP contribution in [0.25, 0.3) is 10.6 Å². The molecule has 1 atom stereocenters. The zero-order valence-corrected chi connectivity index (χ0v) is 13.1. The van der Waals surface area contributed by atoms with Crippen molar-refractivity contribution in [2.75, 3.05) is 19.6 Å². The highest BCUT2D eigenvalue weighted by atomic mass is 32.1. The third-order valence-corrected chi connectivity index (χ3v) is 4.97. The van der Waals surface area contributed by atoms with Gasteiger partial charge in [-0.1, -0.05) is 30.3 Å². The minimum atomic E-state index is 0.112. The number of aromatic nitrogens is 1. The van der Waals surface area contributed by atoms with Crippen molar-refractivity contribution in [2.45, 2.75) is 19.9 Å². The Morgan fingerprint density at radius 1 is 1.38 bits per heavy atom. The highest BCUT2D eigenvalue weighted by molar-refractivity contribution is 7.17. The zero-order chi connectivity index (χ0) is 14.8. The smallest absolute Gasteiger partial charge is 0.266 e. The average molecular weight is 301 g/mol. The number of carbonyl (C=O) groups excluding carboxylic acids is 1. The molecule has 0 saturated carbocycles. The molecule has 1 aromatic heterocycles. The van der Waals surface area contributed by atoms with E-state index in [0.29, 0.717) is 0 Å². The lowest BCUT2D eigenvalue weighted by Crippen LogP contribution is -2.52. The summed E-state index contributed by atoms with van der Waals surface area (Å²) in [5.74, 6) is 0.112. The molecule has 110 valence electrons. The second-order valence-electron chi connectivity index (χ2n) is 5.35. The number of thiazole rings is 1. The van der Waals surface area contributed by atoms with Gasteiger partial charge in [0.1, 0.15) is 9.88 Å². The van der Waals surface area contributed by atoms with Crippen LogP contribution in [-0.4, -0.2) is 41.5 Å². The first kappa shape index (κ1) is 14.2. The predicted octanol–water partition coefficient (Wildman–Crippen LogP) is 2.55. The molecule has 4 nitrogen and oxygen atoms in total. The summed E-state index contributed by atoms with van der Waals surface area (Å²) in [4.78, 5) is 20.0. The maximum Gasteiger partial charge on any atom is 0.266 e. The minimum Gasteiger partial charge on any atom is -0.333 e. The molecule has 1 aliphatic heterocycles. The molecule has 2 aromatic rings. The zero-order valence-electron chi connectivity index (χ0n) is 12.3. The van der Waals surface area contributed by atoms with Crippen molar-refractivity contribution in [3.05, 3.63) is 40.9 Å². The van der Waals surface area contributed by atoms with Gasteiger partial charge in [-0.25, -0.2) is 4.98 Å². The molecule has 1 fully saturated rings. The largest absolute Gasteiger partial charge is 0.333 e. The van der Waals surface area contributed by atoms with Crippen LogP contribution < -0.4 is 5.32 Å². The van der Waals surface area contributed by atoms with Crippen LogP contribution in [0.2, 0.25) is 0 Å². The van der Waals surface area contributed by atoms with E-state index < -0.39 is 0 Å². The fourth-order valence-electron chi connectivity index (χ4n) is 2.57. The molecule has 0 radical (unpaired) electrons.